The van der Waals surface area contributed by atoms with Gasteiger partial charge in [-0.2, -0.15) is 0 Å². The Morgan fingerprint density at radius 1 is 1.00 bits per heavy atom. The summed E-state index contributed by atoms with van der Waals surface area (Å²) in [5.41, 5.74) is 3.24. The Hall–Kier alpha value is -1.65. The number of sulfone groups is 1. The quantitative estimate of drug-likeness (QED) is 0.289. The van der Waals surface area contributed by atoms with Crippen LogP contribution in [0.3, 0.4) is 0 Å². The third-order valence-corrected chi connectivity index (χ3v) is 6.25. The molecule has 0 radical (unpaired) electrons. The number of hydrogen-bond acceptors (Lipinski definition) is 4. The van der Waals surface area contributed by atoms with Crippen LogP contribution in [0.2, 0.25) is 0 Å². The maximum Gasteiger partial charge on any atom is 0.191 e. The van der Waals surface area contributed by atoms with Crippen LogP contribution in [-0.4, -0.2) is 51.2 Å². The van der Waals surface area contributed by atoms with Gasteiger partial charge in [-0.15, -0.1) is 24.0 Å². The lowest BCUT2D eigenvalue weighted by atomic mass is 10.0. The standard InChI is InChI=1S/C24H34N4O2S.HI/c1-3-25-24(26-17-20-9-11-22(12-10-20)19-31(2,29)30)27-23-13-15-28(16-14-23)18-21-7-5-4-6-8-21;/h4-12,23H,3,13-19H2,1-2H3,(H2,25,26,27);1H. The van der Waals surface area contributed by atoms with Gasteiger partial charge in [0.2, 0.25) is 0 Å². The van der Waals surface area contributed by atoms with Gasteiger partial charge in [0.25, 0.3) is 0 Å². The lowest BCUT2D eigenvalue weighted by Gasteiger charge is -2.33. The highest BCUT2D eigenvalue weighted by Gasteiger charge is 2.20. The molecule has 3 rings (SSSR count). The molecule has 0 aromatic heterocycles. The van der Waals surface area contributed by atoms with Crippen molar-refractivity contribution in [3.05, 3.63) is 71.3 Å². The Labute approximate surface area is 209 Å². The summed E-state index contributed by atoms with van der Waals surface area (Å²) in [5.74, 6) is 0.910. The molecule has 0 saturated carbocycles. The number of likely N-dealkylation sites (tertiary alicyclic amines) is 1. The molecular weight excluding hydrogens is 535 g/mol. The summed E-state index contributed by atoms with van der Waals surface area (Å²) in [6, 6.07) is 18.7. The average molecular weight is 571 g/mol. The van der Waals surface area contributed by atoms with E-state index in [1.807, 2.05) is 24.3 Å². The molecule has 0 aliphatic carbocycles. The predicted molar refractivity (Wildman–Crippen MR) is 143 cm³/mol. The summed E-state index contributed by atoms with van der Waals surface area (Å²) in [6.45, 7) is 6.60. The second-order valence-corrected chi connectivity index (χ2v) is 10.4. The van der Waals surface area contributed by atoms with Crippen LogP contribution in [0.25, 0.3) is 0 Å². The van der Waals surface area contributed by atoms with Gasteiger partial charge in [-0.25, -0.2) is 13.4 Å². The van der Waals surface area contributed by atoms with E-state index in [9.17, 15) is 8.42 Å². The predicted octanol–water partition coefficient (Wildman–Crippen LogP) is 3.57. The average Bonchev–Trinajstić information content (AvgIpc) is 2.74. The number of piperidine rings is 1. The van der Waals surface area contributed by atoms with E-state index in [0.717, 1.165) is 56.1 Å². The van der Waals surface area contributed by atoms with Crippen LogP contribution in [-0.2, 0) is 28.7 Å². The Morgan fingerprint density at radius 3 is 2.22 bits per heavy atom. The highest BCUT2D eigenvalue weighted by atomic mass is 127. The number of guanidine groups is 1. The fourth-order valence-corrected chi connectivity index (χ4v) is 4.60. The van der Waals surface area contributed by atoms with Gasteiger partial charge in [0.15, 0.2) is 15.8 Å². The topological polar surface area (TPSA) is 73.8 Å². The molecule has 0 atom stereocenters. The van der Waals surface area contributed by atoms with Crippen LogP contribution in [0, 0.1) is 0 Å². The van der Waals surface area contributed by atoms with E-state index < -0.39 is 9.84 Å². The molecule has 32 heavy (non-hydrogen) atoms. The number of rotatable bonds is 8. The highest BCUT2D eigenvalue weighted by molar-refractivity contribution is 14.0. The molecule has 6 nitrogen and oxygen atoms in total. The minimum absolute atomic E-state index is 0. The summed E-state index contributed by atoms with van der Waals surface area (Å²) < 4.78 is 22.9. The van der Waals surface area contributed by atoms with Gasteiger partial charge < -0.3 is 10.6 Å². The van der Waals surface area contributed by atoms with Gasteiger partial charge in [0, 0.05) is 38.5 Å². The highest BCUT2D eigenvalue weighted by Crippen LogP contribution is 2.14. The van der Waals surface area contributed by atoms with Crippen LogP contribution in [0.15, 0.2) is 59.6 Å². The number of hydrogen-bond donors (Lipinski definition) is 2. The van der Waals surface area contributed by atoms with E-state index in [1.165, 1.54) is 11.8 Å². The molecule has 0 bridgehead atoms. The molecule has 176 valence electrons. The molecule has 1 heterocycles. The third kappa shape index (κ3) is 9.46. The first-order valence-corrected chi connectivity index (χ1v) is 13.0. The zero-order valence-corrected chi connectivity index (χ0v) is 22.1. The lowest BCUT2D eigenvalue weighted by Crippen LogP contribution is -2.48. The fraction of sp³-hybridized carbons (Fsp3) is 0.458. The van der Waals surface area contributed by atoms with E-state index in [4.69, 9.17) is 4.99 Å². The second kappa shape index (κ2) is 13.2. The van der Waals surface area contributed by atoms with E-state index >= 15 is 0 Å². The second-order valence-electron chi connectivity index (χ2n) is 8.26. The SMILES string of the molecule is CCNC(=NCc1ccc(CS(C)(=O)=O)cc1)NC1CCN(Cc2ccccc2)CC1.I. The summed E-state index contributed by atoms with van der Waals surface area (Å²) >= 11 is 0. The fourth-order valence-electron chi connectivity index (χ4n) is 3.80. The summed E-state index contributed by atoms with van der Waals surface area (Å²) in [6.07, 6.45) is 3.45. The number of halogens is 1. The zero-order valence-electron chi connectivity index (χ0n) is 19.0. The minimum atomic E-state index is -3.01. The normalized spacial score (nSPS) is 15.8. The number of benzene rings is 2. The Kier molecular flexibility index (Phi) is 10.9. The zero-order chi connectivity index (χ0) is 22.1. The molecule has 2 aromatic carbocycles. The molecule has 0 spiro atoms. The largest absolute Gasteiger partial charge is 0.357 e. The van der Waals surface area contributed by atoms with Crippen LogP contribution in [0.1, 0.15) is 36.5 Å². The van der Waals surface area contributed by atoms with Crippen molar-refractivity contribution in [2.75, 3.05) is 25.9 Å². The smallest absolute Gasteiger partial charge is 0.191 e. The Balaban J connectivity index is 0.00000363. The van der Waals surface area contributed by atoms with Crippen molar-refractivity contribution >= 4 is 39.8 Å². The molecule has 1 aliphatic heterocycles. The molecule has 0 unspecified atom stereocenters. The van der Waals surface area contributed by atoms with Gasteiger partial charge in [-0.1, -0.05) is 54.6 Å². The lowest BCUT2D eigenvalue weighted by molar-refractivity contribution is 0.198. The minimum Gasteiger partial charge on any atom is -0.357 e. The Morgan fingerprint density at radius 2 is 1.62 bits per heavy atom. The van der Waals surface area contributed by atoms with Crippen molar-refractivity contribution in [2.45, 2.75) is 44.6 Å². The van der Waals surface area contributed by atoms with Crippen molar-refractivity contribution in [1.82, 2.24) is 15.5 Å². The van der Waals surface area contributed by atoms with Crippen molar-refractivity contribution in [3.8, 4) is 0 Å². The maximum atomic E-state index is 11.4. The first-order chi connectivity index (χ1) is 14.9. The maximum absolute atomic E-state index is 11.4. The van der Waals surface area contributed by atoms with Crippen molar-refractivity contribution < 1.29 is 8.42 Å². The van der Waals surface area contributed by atoms with Crippen molar-refractivity contribution in [3.63, 3.8) is 0 Å². The van der Waals surface area contributed by atoms with Gasteiger partial charge in [0.05, 0.1) is 12.3 Å². The monoisotopic (exact) mass is 570 g/mol. The van der Waals surface area contributed by atoms with Gasteiger partial charge >= 0.3 is 0 Å². The van der Waals surface area contributed by atoms with Crippen LogP contribution >= 0.6 is 24.0 Å². The van der Waals surface area contributed by atoms with E-state index in [-0.39, 0.29) is 29.7 Å². The number of aliphatic imine (C=N–C) groups is 1. The van der Waals surface area contributed by atoms with Gasteiger partial charge in [-0.05, 0) is 36.5 Å². The third-order valence-electron chi connectivity index (χ3n) is 5.39. The van der Waals surface area contributed by atoms with Crippen LogP contribution < -0.4 is 10.6 Å². The molecule has 2 aromatic rings. The van der Waals surface area contributed by atoms with Crippen LogP contribution in [0.4, 0.5) is 0 Å². The van der Waals surface area contributed by atoms with Crippen LogP contribution in [0.5, 0.6) is 0 Å². The van der Waals surface area contributed by atoms with Gasteiger partial charge in [-0.3, -0.25) is 4.90 Å². The summed E-state index contributed by atoms with van der Waals surface area (Å²) in [4.78, 5) is 7.24. The van der Waals surface area contributed by atoms with E-state index in [1.54, 1.807) is 0 Å². The van der Waals surface area contributed by atoms with Gasteiger partial charge in [0.1, 0.15) is 0 Å². The molecule has 1 fully saturated rings. The number of nitrogens with one attached hydrogen (secondary N) is 2. The first-order valence-electron chi connectivity index (χ1n) is 11.0. The molecule has 0 amide bonds. The molecule has 8 heteroatoms. The summed E-state index contributed by atoms with van der Waals surface area (Å²) in [5, 5.41) is 6.93. The molecule has 1 aliphatic rings. The van der Waals surface area contributed by atoms with Crippen molar-refractivity contribution in [1.29, 1.82) is 0 Å². The first kappa shape index (κ1) is 26.6. The van der Waals surface area contributed by atoms with Crippen molar-refractivity contribution in [2.24, 2.45) is 4.99 Å². The Bertz CT molecular complexity index is 942. The van der Waals surface area contributed by atoms with E-state index in [0.29, 0.717) is 12.6 Å². The molecule has 1 saturated heterocycles. The summed E-state index contributed by atoms with van der Waals surface area (Å²) in [7, 11) is -3.01. The molecular formula is C24H35IN4O2S. The van der Waals surface area contributed by atoms with E-state index in [2.05, 4.69) is 52.8 Å². The number of nitrogens with zero attached hydrogens (tertiary/aromatic N) is 2. The molecule has 2 N–H and O–H groups in total.